The molecule has 0 radical (unpaired) electrons. The molecule has 0 fully saturated rings. The molecule has 0 spiro atoms. The molecule has 6 heteroatoms. The Labute approximate surface area is 139 Å². The van der Waals surface area contributed by atoms with Crippen molar-refractivity contribution in [3.8, 4) is 23.0 Å². The predicted octanol–water partition coefficient (Wildman–Crippen LogP) is 3.53. The number of aromatic nitrogens is 2. The third-order valence-electron chi connectivity index (χ3n) is 3.54. The van der Waals surface area contributed by atoms with E-state index in [4.69, 9.17) is 13.9 Å². The number of methoxy groups -OCH3 is 1. The minimum Gasteiger partial charge on any atom is -0.496 e. The lowest BCUT2D eigenvalue weighted by atomic mass is 10.1. The van der Waals surface area contributed by atoms with Crippen molar-refractivity contribution in [3.05, 3.63) is 60.0 Å². The summed E-state index contributed by atoms with van der Waals surface area (Å²) in [5.74, 6) is 1.83. The summed E-state index contributed by atoms with van der Waals surface area (Å²) in [4.78, 5) is 11.5. The van der Waals surface area contributed by atoms with Gasteiger partial charge in [-0.3, -0.25) is 4.79 Å². The molecule has 24 heavy (non-hydrogen) atoms. The second-order valence-electron chi connectivity index (χ2n) is 5.14. The lowest BCUT2D eigenvalue weighted by molar-refractivity contribution is 0.101. The minimum atomic E-state index is 0.00260. The summed E-state index contributed by atoms with van der Waals surface area (Å²) < 4.78 is 16.2. The SMILES string of the molecule is COc1ccc(C(C)=O)cc1COc1ccc(-c2nnco2)cc1. The number of benzene rings is 2. The van der Waals surface area contributed by atoms with Gasteiger partial charge in [0, 0.05) is 16.7 Å². The van der Waals surface area contributed by atoms with Crippen molar-refractivity contribution in [1.29, 1.82) is 0 Å². The average Bonchev–Trinajstić information content (AvgIpc) is 3.14. The van der Waals surface area contributed by atoms with E-state index in [-0.39, 0.29) is 5.78 Å². The van der Waals surface area contributed by atoms with Crippen LogP contribution in [0.2, 0.25) is 0 Å². The second-order valence-corrected chi connectivity index (χ2v) is 5.14. The molecule has 1 heterocycles. The van der Waals surface area contributed by atoms with E-state index < -0.39 is 0 Å². The maximum absolute atomic E-state index is 11.5. The first-order chi connectivity index (χ1) is 11.7. The van der Waals surface area contributed by atoms with Gasteiger partial charge >= 0.3 is 0 Å². The van der Waals surface area contributed by atoms with Gasteiger partial charge in [-0.15, -0.1) is 10.2 Å². The lowest BCUT2D eigenvalue weighted by Crippen LogP contribution is -2.01. The van der Waals surface area contributed by atoms with E-state index in [1.807, 2.05) is 24.3 Å². The zero-order valence-electron chi connectivity index (χ0n) is 13.4. The number of rotatable bonds is 6. The van der Waals surface area contributed by atoms with E-state index in [1.54, 1.807) is 25.3 Å². The fourth-order valence-electron chi connectivity index (χ4n) is 2.26. The van der Waals surface area contributed by atoms with Crippen molar-refractivity contribution in [2.24, 2.45) is 0 Å². The van der Waals surface area contributed by atoms with Crippen LogP contribution in [-0.4, -0.2) is 23.1 Å². The highest BCUT2D eigenvalue weighted by Gasteiger charge is 2.09. The summed E-state index contributed by atoms with van der Waals surface area (Å²) in [5.41, 5.74) is 2.25. The van der Waals surface area contributed by atoms with Gasteiger partial charge in [-0.1, -0.05) is 0 Å². The van der Waals surface area contributed by atoms with E-state index in [2.05, 4.69) is 10.2 Å². The van der Waals surface area contributed by atoms with Crippen LogP contribution in [0, 0.1) is 0 Å². The predicted molar refractivity (Wildman–Crippen MR) is 87.1 cm³/mol. The summed E-state index contributed by atoms with van der Waals surface area (Å²) in [7, 11) is 1.59. The number of carbonyl (C=O) groups is 1. The van der Waals surface area contributed by atoms with Crippen LogP contribution >= 0.6 is 0 Å². The molecule has 0 aliphatic carbocycles. The number of hydrogen-bond donors (Lipinski definition) is 0. The Balaban J connectivity index is 1.73. The molecule has 122 valence electrons. The van der Waals surface area contributed by atoms with Crippen molar-refractivity contribution < 1.29 is 18.7 Å². The molecular formula is C18H16N2O4. The minimum absolute atomic E-state index is 0.00260. The van der Waals surface area contributed by atoms with Gasteiger partial charge in [-0.25, -0.2) is 0 Å². The van der Waals surface area contributed by atoms with Gasteiger partial charge in [0.25, 0.3) is 0 Å². The number of carbonyl (C=O) groups excluding carboxylic acids is 1. The molecule has 0 N–H and O–H groups in total. The Morgan fingerprint density at radius 2 is 1.96 bits per heavy atom. The molecular weight excluding hydrogens is 308 g/mol. The summed E-state index contributed by atoms with van der Waals surface area (Å²) in [6, 6.07) is 12.6. The Bertz CT molecular complexity index is 827. The Morgan fingerprint density at radius 3 is 2.58 bits per heavy atom. The molecule has 2 aromatic carbocycles. The topological polar surface area (TPSA) is 74.5 Å². The summed E-state index contributed by atoms with van der Waals surface area (Å²) >= 11 is 0. The fraction of sp³-hybridized carbons (Fsp3) is 0.167. The Morgan fingerprint density at radius 1 is 1.17 bits per heavy atom. The molecule has 3 rings (SSSR count). The van der Waals surface area contributed by atoms with E-state index >= 15 is 0 Å². The van der Waals surface area contributed by atoms with Crippen molar-refractivity contribution >= 4 is 5.78 Å². The molecule has 1 aromatic heterocycles. The van der Waals surface area contributed by atoms with Crippen molar-refractivity contribution in [3.63, 3.8) is 0 Å². The summed E-state index contributed by atoms with van der Waals surface area (Å²) in [6.07, 6.45) is 1.29. The highest BCUT2D eigenvalue weighted by atomic mass is 16.5. The van der Waals surface area contributed by atoms with E-state index in [9.17, 15) is 4.79 Å². The average molecular weight is 324 g/mol. The van der Waals surface area contributed by atoms with Gasteiger partial charge in [0.15, 0.2) is 5.78 Å². The van der Waals surface area contributed by atoms with Crippen molar-refractivity contribution in [1.82, 2.24) is 10.2 Å². The molecule has 6 nitrogen and oxygen atoms in total. The van der Waals surface area contributed by atoms with E-state index in [1.165, 1.54) is 13.3 Å². The van der Waals surface area contributed by atoms with E-state index in [0.29, 0.717) is 29.6 Å². The zero-order valence-corrected chi connectivity index (χ0v) is 13.4. The molecule has 0 bridgehead atoms. The number of ketones is 1. The van der Waals surface area contributed by atoms with Crippen LogP contribution in [0.3, 0.4) is 0 Å². The third kappa shape index (κ3) is 3.43. The van der Waals surface area contributed by atoms with Gasteiger partial charge in [0.05, 0.1) is 7.11 Å². The van der Waals surface area contributed by atoms with Gasteiger partial charge in [0.2, 0.25) is 12.3 Å². The zero-order chi connectivity index (χ0) is 16.9. The summed E-state index contributed by atoms with van der Waals surface area (Å²) in [6.45, 7) is 1.83. The van der Waals surface area contributed by atoms with Gasteiger partial charge in [0.1, 0.15) is 18.1 Å². The smallest absolute Gasteiger partial charge is 0.247 e. The molecule has 0 saturated heterocycles. The first kappa shape index (κ1) is 15.7. The summed E-state index contributed by atoms with van der Waals surface area (Å²) in [5, 5.41) is 7.50. The highest BCUT2D eigenvalue weighted by Crippen LogP contribution is 2.24. The molecule has 0 atom stereocenters. The van der Waals surface area contributed by atoms with Crippen LogP contribution in [0.5, 0.6) is 11.5 Å². The monoisotopic (exact) mass is 324 g/mol. The van der Waals surface area contributed by atoms with Gasteiger partial charge in [-0.05, 0) is 49.4 Å². The van der Waals surface area contributed by atoms with Crippen LogP contribution in [0.15, 0.2) is 53.3 Å². The normalized spacial score (nSPS) is 10.4. The van der Waals surface area contributed by atoms with Gasteiger partial charge in [-0.2, -0.15) is 0 Å². The van der Waals surface area contributed by atoms with Gasteiger partial charge < -0.3 is 13.9 Å². The fourth-order valence-corrected chi connectivity index (χ4v) is 2.26. The van der Waals surface area contributed by atoms with Crippen LogP contribution in [0.25, 0.3) is 11.5 Å². The first-order valence-electron chi connectivity index (χ1n) is 7.34. The molecule has 0 unspecified atom stereocenters. The third-order valence-corrected chi connectivity index (χ3v) is 3.54. The number of Topliss-reactive ketones (excluding diaryl/α,β-unsaturated/α-hetero) is 1. The number of ether oxygens (including phenoxy) is 2. The maximum Gasteiger partial charge on any atom is 0.247 e. The Kier molecular flexibility index (Phi) is 4.56. The Hall–Kier alpha value is -3.15. The lowest BCUT2D eigenvalue weighted by Gasteiger charge is -2.11. The molecule has 0 saturated carbocycles. The standard InChI is InChI=1S/C18H16N2O4/c1-12(21)14-5-8-17(22-2)15(9-14)10-23-16-6-3-13(4-7-16)18-20-19-11-24-18/h3-9,11H,10H2,1-2H3. The number of nitrogens with zero attached hydrogens (tertiary/aromatic N) is 2. The number of hydrogen-bond acceptors (Lipinski definition) is 6. The maximum atomic E-state index is 11.5. The van der Waals surface area contributed by atoms with Crippen LogP contribution in [0.4, 0.5) is 0 Å². The van der Waals surface area contributed by atoms with Crippen LogP contribution < -0.4 is 9.47 Å². The molecule has 0 aliphatic rings. The largest absolute Gasteiger partial charge is 0.496 e. The van der Waals surface area contributed by atoms with Crippen molar-refractivity contribution in [2.75, 3.05) is 7.11 Å². The second kappa shape index (κ2) is 6.95. The molecule has 0 amide bonds. The first-order valence-corrected chi connectivity index (χ1v) is 7.34. The van der Waals surface area contributed by atoms with Crippen LogP contribution in [0.1, 0.15) is 22.8 Å². The molecule has 0 aliphatic heterocycles. The quantitative estimate of drug-likeness (QED) is 0.646. The molecule has 3 aromatic rings. The van der Waals surface area contributed by atoms with Crippen molar-refractivity contribution in [2.45, 2.75) is 13.5 Å². The van der Waals surface area contributed by atoms with Crippen LogP contribution in [-0.2, 0) is 6.61 Å². The van der Waals surface area contributed by atoms with E-state index in [0.717, 1.165) is 11.1 Å². The highest BCUT2D eigenvalue weighted by molar-refractivity contribution is 5.94.